The SMILES string of the molecule is CCc1nc2cc(N3CCC[C@@H](C(=O)N4CCCC4)C3)cnc2nc1CC. The number of aryl methyl sites for hydroxylation is 2. The molecule has 2 aromatic rings. The van der Waals surface area contributed by atoms with Crippen molar-refractivity contribution in [3.05, 3.63) is 23.7 Å². The Morgan fingerprint density at radius 2 is 1.81 bits per heavy atom. The smallest absolute Gasteiger partial charge is 0.227 e. The van der Waals surface area contributed by atoms with Crippen LogP contribution < -0.4 is 4.90 Å². The number of rotatable bonds is 4. The Bertz CT molecular complexity index is 831. The Morgan fingerprint density at radius 3 is 2.56 bits per heavy atom. The van der Waals surface area contributed by atoms with E-state index in [4.69, 9.17) is 9.97 Å². The van der Waals surface area contributed by atoms with E-state index in [2.05, 4.69) is 34.7 Å². The molecule has 0 bridgehead atoms. The highest BCUT2D eigenvalue weighted by Gasteiger charge is 2.30. The van der Waals surface area contributed by atoms with Crippen molar-refractivity contribution >= 4 is 22.8 Å². The molecule has 6 heteroatoms. The van der Waals surface area contributed by atoms with Crippen LogP contribution in [0.25, 0.3) is 11.2 Å². The predicted molar refractivity (Wildman–Crippen MR) is 107 cm³/mol. The lowest BCUT2D eigenvalue weighted by atomic mass is 9.96. The number of aromatic nitrogens is 3. The van der Waals surface area contributed by atoms with Crippen molar-refractivity contribution in [1.29, 1.82) is 0 Å². The number of piperidine rings is 1. The second-order valence-electron chi connectivity index (χ2n) is 7.68. The van der Waals surface area contributed by atoms with Crippen molar-refractivity contribution in [3.8, 4) is 0 Å². The molecule has 1 atom stereocenters. The second-order valence-corrected chi connectivity index (χ2v) is 7.68. The first kappa shape index (κ1) is 18.1. The number of pyridine rings is 1. The Balaban J connectivity index is 1.56. The molecule has 4 heterocycles. The van der Waals surface area contributed by atoms with Gasteiger partial charge in [0.1, 0.15) is 5.52 Å². The van der Waals surface area contributed by atoms with Crippen LogP contribution >= 0.6 is 0 Å². The van der Waals surface area contributed by atoms with Crippen LogP contribution in [0, 0.1) is 5.92 Å². The lowest BCUT2D eigenvalue weighted by Gasteiger charge is -2.35. The summed E-state index contributed by atoms with van der Waals surface area (Å²) in [6.07, 6.45) is 7.98. The van der Waals surface area contributed by atoms with Crippen LogP contribution in [0.5, 0.6) is 0 Å². The number of anilines is 1. The predicted octanol–water partition coefficient (Wildman–Crippen LogP) is 2.99. The number of carbonyl (C=O) groups is 1. The van der Waals surface area contributed by atoms with E-state index in [1.807, 2.05) is 6.20 Å². The third-order valence-corrected chi connectivity index (χ3v) is 5.89. The number of hydrogen-bond acceptors (Lipinski definition) is 5. The van der Waals surface area contributed by atoms with Crippen LogP contribution in [0.1, 0.15) is 50.9 Å². The quantitative estimate of drug-likeness (QED) is 0.831. The van der Waals surface area contributed by atoms with E-state index in [9.17, 15) is 4.79 Å². The Kier molecular flexibility index (Phi) is 5.23. The number of likely N-dealkylation sites (tertiary alicyclic amines) is 1. The standard InChI is InChI=1S/C21H29N5O/c1-3-17-18(4-2)24-20-19(23-17)12-16(13-22-20)26-11-7-8-15(14-26)21(27)25-9-5-6-10-25/h12-13,15H,3-11,14H2,1-2H3/t15-/m1/s1. The van der Waals surface area contributed by atoms with Gasteiger partial charge >= 0.3 is 0 Å². The van der Waals surface area contributed by atoms with Crippen molar-refractivity contribution in [3.63, 3.8) is 0 Å². The lowest BCUT2D eigenvalue weighted by Crippen LogP contribution is -2.44. The van der Waals surface area contributed by atoms with E-state index >= 15 is 0 Å². The van der Waals surface area contributed by atoms with Crippen LogP contribution in [-0.2, 0) is 17.6 Å². The van der Waals surface area contributed by atoms with E-state index in [0.717, 1.165) is 92.9 Å². The Labute approximate surface area is 161 Å². The van der Waals surface area contributed by atoms with Crippen LogP contribution in [0.15, 0.2) is 12.3 Å². The molecule has 2 aliphatic rings. The highest BCUT2D eigenvalue weighted by atomic mass is 16.2. The van der Waals surface area contributed by atoms with Gasteiger partial charge in [-0.25, -0.2) is 15.0 Å². The fourth-order valence-corrected chi connectivity index (χ4v) is 4.35. The normalized spacial score (nSPS) is 20.4. The molecular weight excluding hydrogens is 338 g/mol. The summed E-state index contributed by atoms with van der Waals surface area (Å²) in [6.45, 7) is 7.84. The van der Waals surface area contributed by atoms with E-state index in [1.165, 1.54) is 0 Å². The fourth-order valence-electron chi connectivity index (χ4n) is 4.35. The largest absolute Gasteiger partial charge is 0.369 e. The Morgan fingerprint density at radius 1 is 1.07 bits per heavy atom. The van der Waals surface area contributed by atoms with E-state index in [-0.39, 0.29) is 5.92 Å². The number of hydrogen-bond donors (Lipinski definition) is 0. The van der Waals surface area contributed by atoms with Crippen molar-refractivity contribution in [2.75, 3.05) is 31.1 Å². The molecule has 0 radical (unpaired) electrons. The van der Waals surface area contributed by atoms with Crippen LogP contribution in [0.4, 0.5) is 5.69 Å². The molecule has 2 aromatic heterocycles. The van der Waals surface area contributed by atoms with Crippen molar-refractivity contribution < 1.29 is 4.79 Å². The molecule has 6 nitrogen and oxygen atoms in total. The molecule has 0 saturated carbocycles. The molecule has 27 heavy (non-hydrogen) atoms. The minimum atomic E-state index is 0.104. The Hall–Kier alpha value is -2.24. The molecular formula is C21H29N5O. The molecule has 1 amide bonds. The van der Waals surface area contributed by atoms with Gasteiger partial charge in [-0.2, -0.15) is 0 Å². The molecule has 0 N–H and O–H groups in total. The van der Waals surface area contributed by atoms with Gasteiger partial charge in [-0.15, -0.1) is 0 Å². The zero-order chi connectivity index (χ0) is 18.8. The number of fused-ring (bicyclic) bond motifs is 1. The summed E-state index contributed by atoms with van der Waals surface area (Å²) in [7, 11) is 0. The summed E-state index contributed by atoms with van der Waals surface area (Å²) in [5, 5.41) is 0. The monoisotopic (exact) mass is 367 g/mol. The van der Waals surface area contributed by atoms with Gasteiger partial charge in [-0.3, -0.25) is 4.79 Å². The maximum absolute atomic E-state index is 12.8. The van der Waals surface area contributed by atoms with Gasteiger partial charge in [0.25, 0.3) is 0 Å². The first-order valence-corrected chi connectivity index (χ1v) is 10.4. The molecule has 2 saturated heterocycles. The summed E-state index contributed by atoms with van der Waals surface area (Å²) in [5.74, 6) is 0.443. The average Bonchev–Trinajstić information content (AvgIpc) is 3.26. The van der Waals surface area contributed by atoms with Gasteiger partial charge in [-0.1, -0.05) is 13.8 Å². The summed E-state index contributed by atoms with van der Waals surface area (Å²) in [5.41, 5.74) is 4.73. The van der Waals surface area contributed by atoms with Crippen molar-refractivity contribution in [1.82, 2.24) is 19.9 Å². The first-order chi connectivity index (χ1) is 13.2. The van der Waals surface area contributed by atoms with Crippen LogP contribution in [-0.4, -0.2) is 51.9 Å². The van der Waals surface area contributed by atoms with E-state index in [0.29, 0.717) is 5.91 Å². The zero-order valence-electron chi connectivity index (χ0n) is 16.4. The fraction of sp³-hybridized carbons (Fsp3) is 0.619. The van der Waals surface area contributed by atoms with Gasteiger partial charge in [0.2, 0.25) is 5.91 Å². The second kappa shape index (κ2) is 7.79. The van der Waals surface area contributed by atoms with Gasteiger partial charge < -0.3 is 9.80 Å². The van der Waals surface area contributed by atoms with Crippen molar-refractivity contribution in [2.24, 2.45) is 5.92 Å². The minimum Gasteiger partial charge on any atom is -0.369 e. The van der Waals surface area contributed by atoms with Crippen molar-refractivity contribution in [2.45, 2.75) is 52.4 Å². The molecule has 2 fully saturated rings. The van der Waals surface area contributed by atoms with Gasteiger partial charge in [0, 0.05) is 26.2 Å². The van der Waals surface area contributed by atoms with Crippen LogP contribution in [0.3, 0.4) is 0 Å². The van der Waals surface area contributed by atoms with Gasteiger partial charge in [-0.05, 0) is 44.6 Å². The topological polar surface area (TPSA) is 62.2 Å². The third-order valence-electron chi connectivity index (χ3n) is 5.89. The number of nitrogens with zero attached hydrogens (tertiary/aromatic N) is 5. The minimum absolute atomic E-state index is 0.104. The van der Waals surface area contributed by atoms with E-state index < -0.39 is 0 Å². The molecule has 0 spiro atoms. The summed E-state index contributed by atoms with van der Waals surface area (Å²) < 4.78 is 0. The highest BCUT2D eigenvalue weighted by molar-refractivity contribution is 5.80. The molecule has 0 aromatic carbocycles. The molecule has 2 aliphatic heterocycles. The van der Waals surface area contributed by atoms with E-state index in [1.54, 1.807) is 0 Å². The third kappa shape index (κ3) is 3.62. The van der Waals surface area contributed by atoms with Gasteiger partial charge in [0.15, 0.2) is 5.65 Å². The van der Waals surface area contributed by atoms with Gasteiger partial charge in [0.05, 0.1) is 29.2 Å². The summed E-state index contributed by atoms with van der Waals surface area (Å²) >= 11 is 0. The average molecular weight is 367 g/mol. The number of carbonyl (C=O) groups excluding carboxylic acids is 1. The van der Waals surface area contributed by atoms with Crippen LogP contribution in [0.2, 0.25) is 0 Å². The summed E-state index contributed by atoms with van der Waals surface area (Å²) in [4.78, 5) is 31.2. The zero-order valence-corrected chi connectivity index (χ0v) is 16.4. The highest BCUT2D eigenvalue weighted by Crippen LogP contribution is 2.27. The number of amides is 1. The summed E-state index contributed by atoms with van der Waals surface area (Å²) in [6, 6.07) is 2.09. The maximum Gasteiger partial charge on any atom is 0.227 e. The lowest BCUT2D eigenvalue weighted by molar-refractivity contribution is -0.134. The molecule has 0 aliphatic carbocycles. The molecule has 0 unspecified atom stereocenters. The molecule has 144 valence electrons. The maximum atomic E-state index is 12.8. The molecule has 4 rings (SSSR count). The first-order valence-electron chi connectivity index (χ1n) is 10.4.